The Hall–Kier alpha value is 0.560. The molecular weight excluding hydrogens is 165 g/mol. The van der Waals surface area contributed by atoms with Crippen molar-refractivity contribution in [3.8, 4) is 0 Å². The van der Waals surface area contributed by atoms with Gasteiger partial charge < -0.3 is 5.73 Å². The number of hydrogen-bond donors (Lipinski definition) is 4. The lowest BCUT2D eigenvalue weighted by molar-refractivity contribution is -0.115. The standard InChI is InChI=1S/C2H6NO2PS2/c3-2(4)1-6(5,7)8/h5,7-8H,1H2,(H-,3,4)/p+1. The molecule has 0 aliphatic rings. The second-order valence-electron chi connectivity index (χ2n) is 1.32. The van der Waals surface area contributed by atoms with Gasteiger partial charge in [-0.1, -0.05) is 0 Å². The van der Waals surface area contributed by atoms with Gasteiger partial charge in [-0.15, -0.1) is 0 Å². The number of nitrogens with two attached hydrogens (primary N) is 1. The molecule has 0 aliphatic carbocycles. The minimum Gasteiger partial charge on any atom is -0.366 e. The van der Waals surface area contributed by atoms with Gasteiger partial charge in [0, 0.05) is 24.5 Å². The molecule has 0 aromatic carbocycles. The smallest absolute Gasteiger partial charge is 0.261 e. The van der Waals surface area contributed by atoms with Gasteiger partial charge in [-0.05, 0) is 0 Å². The summed E-state index contributed by atoms with van der Waals surface area (Å²) >= 11 is 7.25. The molecule has 0 aromatic heterocycles. The highest BCUT2D eigenvalue weighted by molar-refractivity contribution is 8.83. The quantitative estimate of drug-likeness (QED) is 0.352. The van der Waals surface area contributed by atoms with Crippen LogP contribution in [0.1, 0.15) is 0 Å². The van der Waals surface area contributed by atoms with E-state index in [4.69, 9.17) is 10.6 Å². The molecule has 0 saturated carbocycles. The Balaban J connectivity index is 3.55. The predicted octanol–water partition coefficient (Wildman–Crippen LogP) is 0.0862. The Labute approximate surface area is 58.4 Å². The number of rotatable bonds is 2. The zero-order chi connectivity index (χ0) is 6.78. The molecule has 6 heteroatoms. The van der Waals surface area contributed by atoms with E-state index in [1.165, 1.54) is 0 Å². The number of hydrogen-bond acceptors (Lipinski definition) is 4. The molecule has 0 unspecified atom stereocenters. The summed E-state index contributed by atoms with van der Waals surface area (Å²) in [6.45, 7) is 0. The summed E-state index contributed by atoms with van der Waals surface area (Å²) in [6, 6.07) is 0. The predicted molar refractivity (Wildman–Crippen MR) is 41.2 cm³/mol. The molecule has 48 valence electrons. The summed E-state index contributed by atoms with van der Waals surface area (Å²) in [7, 11) is 0. The molecule has 0 aliphatic heterocycles. The van der Waals surface area contributed by atoms with E-state index in [9.17, 15) is 4.79 Å². The lowest BCUT2D eigenvalue weighted by Crippen LogP contribution is -2.14. The molecule has 3 N–H and O–H groups in total. The maximum Gasteiger partial charge on any atom is 0.261 e. The van der Waals surface area contributed by atoms with Crippen LogP contribution in [0.3, 0.4) is 0 Å². The van der Waals surface area contributed by atoms with Crippen molar-refractivity contribution in [2.24, 2.45) is 5.73 Å². The topological polar surface area (TPSA) is 63.3 Å². The maximum atomic E-state index is 10.0. The average Bonchev–Trinajstić information content (AvgIpc) is 1.21. The van der Waals surface area contributed by atoms with E-state index < -0.39 is 11.8 Å². The number of primary amides is 1. The van der Waals surface area contributed by atoms with Gasteiger partial charge in [0.15, 0.2) is 6.16 Å². The minimum atomic E-state index is -2.56. The summed E-state index contributed by atoms with van der Waals surface area (Å²) in [5.41, 5.74) is 4.71. The molecule has 1 amide bonds. The molecule has 8 heavy (non-hydrogen) atoms. The molecule has 0 saturated heterocycles. The van der Waals surface area contributed by atoms with Crippen molar-refractivity contribution in [2.75, 3.05) is 6.16 Å². The highest BCUT2D eigenvalue weighted by atomic mass is 33.1. The fourth-order valence-corrected chi connectivity index (χ4v) is 1.46. The lowest BCUT2D eigenvalue weighted by Gasteiger charge is -1.99. The third kappa shape index (κ3) is 6.56. The van der Waals surface area contributed by atoms with Crippen LogP contribution >= 0.6 is 30.4 Å². The fourth-order valence-electron chi connectivity index (χ4n) is 0.209. The van der Waals surface area contributed by atoms with Gasteiger partial charge in [-0.2, -0.15) is 0 Å². The van der Waals surface area contributed by atoms with Crippen LogP contribution < -0.4 is 5.73 Å². The van der Waals surface area contributed by atoms with Crippen molar-refractivity contribution in [3.63, 3.8) is 0 Å². The summed E-state index contributed by atoms with van der Waals surface area (Å²) in [5.74, 6) is -3.14. The SMILES string of the molecule is NC(=O)C[P+](O)(S)S. The van der Waals surface area contributed by atoms with Gasteiger partial charge in [-0.25, -0.2) is 4.89 Å². The Morgan fingerprint density at radius 1 is 1.75 bits per heavy atom. The van der Waals surface area contributed by atoms with Crippen LogP contribution in [-0.2, 0) is 4.79 Å². The zero-order valence-electron chi connectivity index (χ0n) is 3.98. The van der Waals surface area contributed by atoms with E-state index in [1.807, 2.05) is 0 Å². The first kappa shape index (κ1) is 8.56. The Morgan fingerprint density at radius 2 is 2.12 bits per heavy atom. The molecule has 3 nitrogen and oxygen atoms in total. The van der Waals surface area contributed by atoms with E-state index >= 15 is 0 Å². The van der Waals surface area contributed by atoms with Gasteiger partial charge in [0.25, 0.3) is 11.8 Å². The van der Waals surface area contributed by atoms with E-state index in [2.05, 4.69) is 24.5 Å². The third-order valence-corrected chi connectivity index (χ3v) is 1.95. The van der Waals surface area contributed by atoms with Gasteiger partial charge in [0.2, 0.25) is 0 Å². The first-order valence-corrected chi connectivity index (χ1v) is 6.00. The van der Waals surface area contributed by atoms with Crippen LogP contribution in [0.25, 0.3) is 0 Å². The van der Waals surface area contributed by atoms with E-state index in [1.54, 1.807) is 0 Å². The van der Waals surface area contributed by atoms with Crippen molar-refractivity contribution in [1.82, 2.24) is 0 Å². The summed E-state index contributed by atoms with van der Waals surface area (Å²) in [6.07, 6.45) is -0.140. The van der Waals surface area contributed by atoms with Crippen molar-refractivity contribution in [2.45, 2.75) is 0 Å². The van der Waals surface area contributed by atoms with E-state index in [-0.39, 0.29) is 6.16 Å². The molecular formula is C2H7NO2PS2+. The summed E-state index contributed by atoms with van der Waals surface area (Å²) < 4.78 is 0. The molecule has 0 fully saturated rings. The van der Waals surface area contributed by atoms with Crippen molar-refractivity contribution >= 4 is 36.3 Å². The van der Waals surface area contributed by atoms with Gasteiger partial charge in [0.05, 0.1) is 0 Å². The zero-order valence-corrected chi connectivity index (χ0v) is 6.66. The fraction of sp³-hybridized carbons (Fsp3) is 0.500. The molecule has 0 radical (unpaired) electrons. The van der Waals surface area contributed by atoms with E-state index in [0.717, 1.165) is 0 Å². The van der Waals surface area contributed by atoms with Crippen LogP contribution in [-0.4, -0.2) is 17.0 Å². The number of thiol groups is 2. The lowest BCUT2D eigenvalue weighted by atomic mass is 10.8. The van der Waals surface area contributed by atoms with E-state index in [0.29, 0.717) is 0 Å². The second kappa shape index (κ2) is 2.92. The largest absolute Gasteiger partial charge is 0.366 e. The van der Waals surface area contributed by atoms with Crippen molar-refractivity contribution in [1.29, 1.82) is 0 Å². The van der Waals surface area contributed by atoms with Crippen LogP contribution in [0.4, 0.5) is 0 Å². The monoisotopic (exact) mass is 172 g/mol. The van der Waals surface area contributed by atoms with Crippen molar-refractivity contribution in [3.05, 3.63) is 0 Å². The molecule has 0 aromatic rings. The highest BCUT2D eigenvalue weighted by Gasteiger charge is 2.28. The normalized spacial score (nSPS) is 11.4. The second-order valence-corrected chi connectivity index (χ2v) is 7.94. The van der Waals surface area contributed by atoms with Gasteiger partial charge in [0.1, 0.15) is 0 Å². The van der Waals surface area contributed by atoms with Gasteiger partial charge >= 0.3 is 0 Å². The molecule has 0 heterocycles. The number of amides is 1. The van der Waals surface area contributed by atoms with Crippen LogP contribution in [0, 0.1) is 0 Å². The summed E-state index contributed by atoms with van der Waals surface area (Å²) in [5, 5.41) is 0. The van der Waals surface area contributed by atoms with Crippen LogP contribution in [0.2, 0.25) is 0 Å². The Bertz CT molecular complexity index is 101. The number of carbonyl (C=O) groups excluding carboxylic acids is 1. The van der Waals surface area contributed by atoms with Crippen LogP contribution in [0.15, 0.2) is 0 Å². The average molecular weight is 172 g/mol. The van der Waals surface area contributed by atoms with Crippen molar-refractivity contribution < 1.29 is 9.69 Å². The first-order chi connectivity index (χ1) is 3.42. The molecule has 0 atom stereocenters. The third-order valence-electron chi connectivity index (χ3n) is 0.368. The van der Waals surface area contributed by atoms with Crippen LogP contribution in [0.5, 0.6) is 0 Å². The Morgan fingerprint density at radius 3 is 2.12 bits per heavy atom. The first-order valence-electron chi connectivity index (χ1n) is 1.76. The maximum absolute atomic E-state index is 10.0. The molecule has 0 bridgehead atoms. The molecule has 0 spiro atoms. The highest BCUT2D eigenvalue weighted by Crippen LogP contribution is 2.63. The van der Waals surface area contributed by atoms with Gasteiger partial charge in [-0.3, -0.25) is 4.79 Å². The number of carbonyl (C=O) groups is 1. The molecule has 0 rings (SSSR count). The Kier molecular flexibility index (Phi) is 3.12. The minimum absolute atomic E-state index is 0.140. The summed E-state index contributed by atoms with van der Waals surface area (Å²) in [4.78, 5) is 18.7.